The number of aryl methyl sites for hydroxylation is 2. The molecule has 11 heteroatoms. The van der Waals surface area contributed by atoms with E-state index in [1.165, 1.54) is 25.7 Å². The summed E-state index contributed by atoms with van der Waals surface area (Å²) >= 11 is 10.6. The maximum atomic E-state index is 7.05. The van der Waals surface area contributed by atoms with E-state index in [1.54, 1.807) is 11.3 Å². The summed E-state index contributed by atoms with van der Waals surface area (Å²) in [6, 6.07) is 80.4. The molecule has 0 bridgehead atoms. The smallest absolute Gasteiger partial charge is 0.181 e. The Kier molecular flexibility index (Phi) is 10.5. The number of ether oxygens (including phenoxy) is 4. The van der Waals surface area contributed by atoms with Gasteiger partial charge in [0.05, 0.1) is 26.7 Å². The van der Waals surface area contributed by atoms with Crippen LogP contribution in [0, 0.1) is 13.8 Å². The molecule has 0 aliphatic carbocycles. The maximum absolute atomic E-state index is 7.05. The van der Waals surface area contributed by atoms with Gasteiger partial charge in [0.1, 0.15) is 51.2 Å². The molecule has 420 valence electrons. The third kappa shape index (κ3) is 7.31. The number of furan rings is 2. The van der Waals surface area contributed by atoms with Crippen molar-refractivity contribution < 1.29 is 27.8 Å². The van der Waals surface area contributed by atoms with Crippen molar-refractivity contribution in [1.29, 1.82) is 0 Å². The first-order chi connectivity index (χ1) is 43.7. The van der Waals surface area contributed by atoms with Gasteiger partial charge in [-0.3, -0.25) is 0 Å². The molecule has 0 radical (unpaired) electrons. The van der Waals surface area contributed by atoms with E-state index >= 15 is 0 Å². The Morgan fingerprint density at radius 3 is 1.80 bits per heavy atom. The lowest BCUT2D eigenvalue weighted by molar-refractivity contribution is 0.463. The van der Waals surface area contributed by atoms with Crippen molar-refractivity contribution in [3.8, 4) is 102 Å². The van der Waals surface area contributed by atoms with Gasteiger partial charge in [-0.2, -0.15) is 0 Å². The number of fused-ring (bicyclic) bond motifs is 18. The van der Waals surface area contributed by atoms with Gasteiger partial charge in [-0.05, 0) is 190 Å². The fourth-order valence-electron chi connectivity index (χ4n) is 14.1. The molecule has 4 aliphatic heterocycles. The van der Waals surface area contributed by atoms with Gasteiger partial charge >= 0.3 is 0 Å². The molecule has 0 saturated carbocycles. The van der Waals surface area contributed by atoms with Crippen molar-refractivity contribution in [2.75, 3.05) is 0 Å². The molecule has 20 rings (SSSR count). The number of benzene rings is 12. The minimum Gasteiger partial charge on any atom is -0.456 e. The summed E-state index contributed by atoms with van der Waals surface area (Å²) in [5, 5.41) is 10.9. The highest BCUT2D eigenvalue weighted by atomic mass is 32.4. The van der Waals surface area contributed by atoms with Crippen LogP contribution in [0.4, 0.5) is 0 Å². The third-order valence-electron chi connectivity index (χ3n) is 18.1. The molecule has 0 amide bonds. The molecule has 6 nitrogen and oxygen atoms in total. The molecule has 2 atom stereocenters. The Bertz CT molecular complexity index is 5920. The Labute approximate surface area is 524 Å². The van der Waals surface area contributed by atoms with Gasteiger partial charge < -0.3 is 27.8 Å². The van der Waals surface area contributed by atoms with E-state index in [0.29, 0.717) is 0 Å². The Morgan fingerprint density at radius 2 is 0.966 bits per heavy atom. The van der Waals surface area contributed by atoms with Gasteiger partial charge in [0.25, 0.3) is 0 Å². The first kappa shape index (κ1) is 50.4. The number of hydrogen-bond acceptors (Lipinski definition) is 9. The summed E-state index contributed by atoms with van der Waals surface area (Å²) in [7, 11) is -1.12. The fourth-order valence-corrected chi connectivity index (χ4v) is 24.3. The van der Waals surface area contributed by atoms with E-state index < -0.39 is 14.0 Å². The molecule has 0 saturated heterocycles. The maximum Gasteiger partial charge on any atom is 0.181 e. The highest BCUT2D eigenvalue weighted by molar-refractivity contribution is 8.27. The molecule has 4 aliphatic rings. The minimum atomic E-state index is -2.54. The van der Waals surface area contributed by atoms with Crippen LogP contribution in [0.3, 0.4) is 0 Å². The zero-order valence-electron chi connectivity index (χ0n) is 47.5. The van der Waals surface area contributed by atoms with Crippen LogP contribution in [0.1, 0.15) is 11.1 Å². The van der Waals surface area contributed by atoms with E-state index in [2.05, 4.69) is 208 Å². The van der Waals surface area contributed by atoms with Crippen molar-refractivity contribution >= 4 is 143 Å². The molecule has 0 fully saturated rings. The Balaban J connectivity index is 0.707. The fraction of sp³-hybridized carbons (Fsp3) is 0.0256. The van der Waals surface area contributed by atoms with Crippen molar-refractivity contribution in [3.63, 3.8) is 0 Å². The van der Waals surface area contributed by atoms with Crippen molar-refractivity contribution in [2.45, 2.75) is 13.8 Å². The predicted molar refractivity (Wildman–Crippen MR) is 373 cm³/mol. The average Bonchev–Trinajstić information content (AvgIpc) is 1.82. The van der Waals surface area contributed by atoms with Crippen LogP contribution in [-0.2, 0) is 11.8 Å². The zero-order valence-corrected chi connectivity index (χ0v) is 51.7. The zero-order chi connectivity index (χ0) is 58.5. The summed E-state index contributed by atoms with van der Waals surface area (Å²) < 4.78 is 45.2. The van der Waals surface area contributed by atoms with Crippen LogP contribution >= 0.6 is 36.6 Å². The highest BCUT2D eigenvalue weighted by Crippen LogP contribution is 2.62. The van der Waals surface area contributed by atoms with Crippen molar-refractivity contribution in [2.24, 2.45) is 0 Å². The molecular formula is C78H44O6P2S3. The molecular weight excluding hydrogens is 1190 g/mol. The van der Waals surface area contributed by atoms with E-state index in [9.17, 15) is 0 Å². The lowest BCUT2D eigenvalue weighted by Crippen LogP contribution is -2.33. The van der Waals surface area contributed by atoms with E-state index in [-0.39, 0.29) is 0 Å². The largest absolute Gasteiger partial charge is 0.456 e. The third-order valence-corrected chi connectivity index (χ3v) is 28.8. The SMILES string of the molecule is Cc1cc2c3c(c1)Oc1c(oc4ccccc14)P3c1cc(-c3cccc(-c4cccc5c4sc4ccc(-c6cc(-c7ccc8sc9c(c8c7)Oc7cc(C)cc8c7P9(=S)c7ccccc7O8)cc(-c7cccc8c7oc7ccccc78)c6)cc45)c3)ccc1O2. The molecule has 8 heterocycles. The molecule has 0 N–H and O–H groups in total. The van der Waals surface area contributed by atoms with Crippen LogP contribution in [0.5, 0.6) is 46.0 Å². The summed E-state index contributed by atoms with van der Waals surface area (Å²) in [6.07, 6.45) is 0. The minimum absolute atomic E-state index is 0.793. The van der Waals surface area contributed by atoms with Crippen LogP contribution in [-0.4, -0.2) is 0 Å². The quantitative estimate of drug-likeness (QED) is 0.159. The van der Waals surface area contributed by atoms with E-state index in [1.807, 2.05) is 47.7 Å². The van der Waals surface area contributed by atoms with Gasteiger partial charge in [0, 0.05) is 65.1 Å². The van der Waals surface area contributed by atoms with Crippen molar-refractivity contribution in [3.05, 3.63) is 242 Å². The van der Waals surface area contributed by atoms with Gasteiger partial charge in [0.2, 0.25) is 0 Å². The number of para-hydroxylation sites is 4. The first-order valence-corrected chi connectivity index (χ1v) is 35.4. The lowest BCUT2D eigenvalue weighted by Gasteiger charge is -2.35. The second kappa shape index (κ2) is 18.5. The summed E-state index contributed by atoms with van der Waals surface area (Å²) in [6.45, 7) is 4.18. The molecule has 0 spiro atoms. The summed E-state index contributed by atoms with van der Waals surface area (Å²) in [5.74, 6) is 6.61. The molecule has 16 aromatic rings. The van der Waals surface area contributed by atoms with Crippen LogP contribution < -0.4 is 50.3 Å². The first-order valence-electron chi connectivity index (χ1n) is 29.6. The predicted octanol–water partition coefficient (Wildman–Crippen LogP) is 20.8. The molecule has 2 unspecified atom stereocenters. The molecule has 12 aromatic carbocycles. The number of hydrogen-bond donors (Lipinski definition) is 0. The van der Waals surface area contributed by atoms with Crippen LogP contribution in [0.25, 0.3) is 119 Å². The second-order valence-electron chi connectivity index (χ2n) is 23.6. The topological polar surface area (TPSA) is 63.2 Å². The van der Waals surface area contributed by atoms with Gasteiger partial charge in [0.15, 0.2) is 17.0 Å². The van der Waals surface area contributed by atoms with Crippen LogP contribution in [0.15, 0.2) is 239 Å². The molecule has 89 heavy (non-hydrogen) atoms. The van der Waals surface area contributed by atoms with Gasteiger partial charge in [-0.25, -0.2) is 0 Å². The Morgan fingerprint density at radius 1 is 0.382 bits per heavy atom. The normalized spacial score (nSPS) is 15.6. The van der Waals surface area contributed by atoms with Crippen molar-refractivity contribution in [1.82, 2.24) is 0 Å². The average molecular weight is 1240 g/mol. The number of rotatable bonds is 5. The second-order valence-corrected chi connectivity index (χ2v) is 32.2. The van der Waals surface area contributed by atoms with Gasteiger partial charge in [-0.15, -0.1) is 22.7 Å². The van der Waals surface area contributed by atoms with E-state index in [4.69, 9.17) is 39.6 Å². The Hall–Kier alpha value is -9.56. The van der Waals surface area contributed by atoms with E-state index in [0.717, 1.165) is 182 Å². The van der Waals surface area contributed by atoms with Gasteiger partial charge in [-0.1, -0.05) is 127 Å². The standard InChI is InChI=1S/C78H44O6P2S3/c1-41-30-63-74-64(31-41)82-72-56-15-4-6-21-60(56)84-77(72)85(74)67-40-46(24-27-61(67)79-63)43-12-9-13-47(34-43)52-17-11-19-55-57-38-44(25-28-69(57)88-76(52)55)48-35-49(37-50(36-48)51-16-10-18-54-53-14-3-5-20-59(53)81-71(51)54)45-26-29-70-58(39-45)73-78(89-70)86(87)68-23-8-7-22-62(68)80-65-32-42(2)33-66(83-73)75(65)86/h3-40H,1-2H3. The number of thiophene rings is 2. The highest BCUT2D eigenvalue weighted by Gasteiger charge is 2.45. The van der Waals surface area contributed by atoms with Crippen LogP contribution in [0.2, 0.25) is 0 Å². The molecule has 4 aromatic heterocycles. The lowest BCUT2D eigenvalue weighted by atomic mass is 9.92. The summed E-state index contributed by atoms with van der Waals surface area (Å²) in [4.78, 5) is 0. The summed E-state index contributed by atoms with van der Waals surface area (Å²) in [5.41, 5.74) is 16.7. The monoisotopic (exact) mass is 1230 g/mol.